The predicted octanol–water partition coefficient (Wildman–Crippen LogP) is 2.38. The quantitative estimate of drug-likeness (QED) is 0.326. The molecular weight excluding hydrogens is 344 g/mol. The molecule has 1 aromatic carbocycles. The minimum Gasteiger partial charge on any atom is -0.425 e. The molecule has 1 atom stereocenters. The molecular formula is C14H20O7S2. The van der Waals surface area contributed by atoms with E-state index >= 15 is 0 Å². The summed E-state index contributed by atoms with van der Waals surface area (Å²) < 4.78 is 59.7. The summed E-state index contributed by atoms with van der Waals surface area (Å²) in [6, 6.07) is 4.80. The molecule has 0 fully saturated rings. The summed E-state index contributed by atoms with van der Waals surface area (Å²) in [6.45, 7) is 3.79. The first-order valence-electron chi connectivity index (χ1n) is 7.18. The van der Waals surface area contributed by atoms with Gasteiger partial charge in [0.15, 0.2) is 5.75 Å². The molecule has 0 aromatic heterocycles. The Morgan fingerprint density at radius 2 is 1.78 bits per heavy atom. The van der Waals surface area contributed by atoms with Crippen LogP contribution in [0.25, 0.3) is 0 Å². The molecule has 0 amide bonds. The molecule has 9 heteroatoms. The molecule has 0 saturated carbocycles. The first-order valence-corrected chi connectivity index (χ1v) is 10.6. The molecule has 0 heterocycles. The Labute approximate surface area is 135 Å². The van der Waals surface area contributed by atoms with Crippen LogP contribution in [0.2, 0.25) is 0 Å². The van der Waals surface area contributed by atoms with Crippen LogP contribution in [0.5, 0.6) is 5.75 Å². The topological polar surface area (TPSA) is 115 Å². The normalized spacial score (nSPS) is 13.5. The maximum Gasteiger partial charge on any atom is 0.377 e. The molecule has 0 aliphatic heterocycles. The van der Waals surface area contributed by atoms with Gasteiger partial charge in [-0.2, -0.15) is 8.42 Å². The van der Waals surface area contributed by atoms with Gasteiger partial charge in [0.1, 0.15) is 4.90 Å². The van der Waals surface area contributed by atoms with E-state index in [4.69, 9.17) is 9.29 Å². The highest BCUT2D eigenvalue weighted by Gasteiger charge is 2.33. The van der Waals surface area contributed by atoms with Crippen molar-refractivity contribution in [1.82, 2.24) is 0 Å². The molecule has 0 aliphatic rings. The van der Waals surface area contributed by atoms with Crippen LogP contribution in [0.1, 0.15) is 39.5 Å². The minimum absolute atomic E-state index is 0.406. The van der Waals surface area contributed by atoms with Crippen molar-refractivity contribution in [3.05, 3.63) is 24.3 Å². The summed E-state index contributed by atoms with van der Waals surface area (Å²) >= 11 is 0. The van der Waals surface area contributed by atoms with Gasteiger partial charge in [0.25, 0.3) is 0 Å². The van der Waals surface area contributed by atoms with Crippen molar-refractivity contribution in [2.75, 3.05) is 0 Å². The molecule has 7 nitrogen and oxygen atoms in total. The van der Waals surface area contributed by atoms with Gasteiger partial charge in [0.05, 0.1) is 5.92 Å². The van der Waals surface area contributed by atoms with E-state index in [0.717, 1.165) is 18.9 Å². The molecule has 23 heavy (non-hydrogen) atoms. The van der Waals surface area contributed by atoms with Crippen LogP contribution in [0, 0.1) is 5.92 Å². The number of carbonyl (C=O) groups excluding carboxylic acids is 1. The Balaban J connectivity index is 3.15. The van der Waals surface area contributed by atoms with E-state index in [1.54, 1.807) is 0 Å². The van der Waals surface area contributed by atoms with Crippen molar-refractivity contribution in [1.29, 1.82) is 0 Å². The van der Waals surface area contributed by atoms with E-state index in [0.29, 0.717) is 12.8 Å². The van der Waals surface area contributed by atoms with Crippen molar-refractivity contribution < 1.29 is 30.9 Å². The Morgan fingerprint density at radius 3 is 2.30 bits per heavy atom. The molecule has 0 bridgehead atoms. The first-order chi connectivity index (χ1) is 10.6. The first kappa shape index (κ1) is 19.6. The number of ether oxygens (including phenoxy) is 1. The van der Waals surface area contributed by atoms with E-state index in [1.807, 2.05) is 13.8 Å². The van der Waals surface area contributed by atoms with E-state index in [-0.39, 0.29) is 0 Å². The highest BCUT2D eigenvalue weighted by molar-refractivity contribution is 8.65. The second-order valence-electron chi connectivity index (χ2n) is 5.00. The van der Waals surface area contributed by atoms with Crippen molar-refractivity contribution in [3.8, 4) is 5.75 Å². The lowest BCUT2D eigenvalue weighted by Gasteiger charge is -2.15. The molecule has 1 N–H and O–H groups in total. The third-order valence-electron chi connectivity index (χ3n) is 3.34. The summed E-state index contributed by atoms with van der Waals surface area (Å²) in [5, 5.41) is 0. The Bertz CT molecular complexity index is 751. The summed E-state index contributed by atoms with van der Waals surface area (Å²) in [4.78, 5) is 11.4. The number of rotatable bonds is 8. The van der Waals surface area contributed by atoms with Crippen LogP contribution in [0.3, 0.4) is 0 Å². The average Bonchev–Trinajstić information content (AvgIpc) is 2.47. The summed E-state index contributed by atoms with van der Waals surface area (Å²) in [7, 11) is -10.4. The van der Waals surface area contributed by atoms with Crippen molar-refractivity contribution in [3.63, 3.8) is 0 Å². The van der Waals surface area contributed by atoms with Crippen LogP contribution < -0.4 is 4.74 Å². The Kier molecular flexibility index (Phi) is 6.72. The second kappa shape index (κ2) is 7.89. The smallest absolute Gasteiger partial charge is 0.377 e. The molecule has 1 aromatic rings. The molecule has 1 unspecified atom stereocenters. The number of hydrogen-bond acceptors (Lipinski definition) is 6. The van der Waals surface area contributed by atoms with Crippen LogP contribution >= 0.6 is 0 Å². The standard InChI is InChI=1S/C14H20O7S2/c1-3-5-8-11(4-2)14(15)21-12-9-6-7-10-13(12)22(16,17)23(18,19)20/h6-7,9-11H,3-5,8H2,1-2H3,(H,18,19,20). The predicted molar refractivity (Wildman–Crippen MR) is 84.1 cm³/mol. The molecule has 0 aliphatic carbocycles. The Hall–Kier alpha value is -1.45. The maximum atomic E-state index is 12.1. The van der Waals surface area contributed by atoms with E-state index in [9.17, 15) is 21.6 Å². The van der Waals surface area contributed by atoms with Gasteiger partial charge < -0.3 is 4.74 Å². The number of hydrogen-bond donors (Lipinski definition) is 1. The highest BCUT2D eigenvalue weighted by Crippen LogP contribution is 2.28. The molecule has 130 valence electrons. The number of carbonyl (C=O) groups is 1. The zero-order valence-electron chi connectivity index (χ0n) is 12.9. The zero-order valence-corrected chi connectivity index (χ0v) is 14.6. The maximum absolute atomic E-state index is 12.1. The van der Waals surface area contributed by atoms with Gasteiger partial charge >= 0.3 is 24.0 Å². The summed E-state index contributed by atoms with van der Waals surface area (Å²) in [6.07, 6.45) is 2.83. The molecule has 0 saturated heterocycles. The lowest BCUT2D eigenvalue weighted by atomic mass is 10.00. The Morgan fingerprint density at radius 1 is 1.17 bits per heavy atom. The second-order valence-corrected chi connectivity index (χ2v) is 9.78. The van der Waals surface area contributed by atoms with E-state index in [1.165, 1.54) is 18.2 Å². The van der Waals surface area contributed by atoms with Crippen molar-refractivity contribution in [2.24, 2.45) is 5.92 Å². The van der Waals surface area contributed by atoms with Gasteiger partial charge in [-0.05, 0) is 25.0 Å². The lowest BCUT2D eigenvalue weighted by molar-refractivity contribution is -0.139. The van der Waals surface area contributed by atoms with Crippen LogP contribution in [-0.2, 0) is 22.8 Å². The summed E-state index contributed by atoms with van der Waals surface area (Å²) in [5.41, 5.74) is 0. The number of para-hydroxylation sites is 1. The van der Waals surface area contributed by atoms with Gasteiger partial charge in [-0.3, -0.25) is 9.35 Å². The van der Waals surface area contributed by atoms with Gasteiger partial charge in [-0.25, -0.2) is 8.42 Å². The fourth-order valence-corrected chi connectivity index (χ4v) is 3.91. The fraction of sp³-hybridized carbons (Fsp3) is 0.500. The zero-order chi connectivity index (χ0) is 17.7. The lowest BCUT2D eigenvalue weighted by Crippen LogP contribution is -2.22. The van der Waals surface area contributed by atoms with Crippen molar-refractivity contribution >= 4 is 24.0 Å². The average molecular weight is 364 g/mol. The number of unbranched alkanes of at least 4 members (excludes halogenated alkanes) is 1. The molecule has 0 spiro atoms. The van der Waals surface area contributed by atoms with Gasteiger partial charge in [0.2, 0.25) is 0 Å². The fourth-order valence-electron chi connectivity index (χ4n) is 1.99. The number of esters is 1. The summed E-state index contributed by atoms with van der Waals surface area (Å²) in [5.74, 6) is -1.44. The third kappa shape index (κ3) is 4.76. The van der Waals surface area contributed by atoms with Gasteiger partial charge in [-0.1, -0.05) is 38.8 Å². The minimum atomic E-state index is -5.37. The van der Waals surface area contributed by atoms with E-state index in [2.05, 4.69) is 0 Å². The molecule has 0 radical (unpaired) electrons. The SMILES string of the molecule is CCCCC(CC)C(=O)Oc1ccccc1S(=O)(=O)S(=O)(=O)O. The van der Waals surface area contributed by atoms with Gasteiger partial charge in [-0.15, -0.1) is 0 Å². The van der Waals surface area contributed by atoms with Crippen LogP contribution in [0.15, 0.2) is 29.2 Å². The monoisotopic (exact) mass is 364 g/mol. The van der Waals surface area contributed by atoms with Crippen LogP contribution in [0.4, 0.5) is 0 Å². The van der Waals surface area contributed by atoms with E-state index < -0.39 is 40.6 Å². The largest absolute Gasteiger partial charge is 0.425 e. The molecule has 1 rings (SSSR count). The van der Waals surface area contributed by atoms with Gasteiger partial charge in [0, 0.05) is 0 Å². The van der Waals surface area contributed by atoms with Crippen molar-refractivity contribution in [2.45, 2.75) is 44.4 Å². The highest BCUT2D eigenvalue weighted by atomic mass is 33.2. The third-order valence-corrected chi connectivity index (χ3v) is 6.97. The van der Waals surface area contributed by atoms with Crippen LogP contribution in [-0.4, -0.2) is 27.4 Å². The number of benzene rings is 1.